The first-order valence-electron chi connectivity index (χ1n) is 14.1. The summed E-state index contributed by atoms with van der Waals surface area (Å²) in [5, 5.41) is 17.0. The van der Waals surface area contributed by atoms with E-state index in [-0.39, 0.29) is 40.5 Å². The van der Waals surface area contributed by atoms with Gasteiger partial charge in [-0.05, 0) is 66.6 Å². The van der Waals surface area contributed by atoms with Crippen LogP contribution in [0.2, 0.25) is 5.02 Å². The number of piperidine rings is 1. The fraction of sp³-hybridized carbons (Fsp3) is 0.379. The van der Waals surface area contributed by atoms with Gasteiger partial charge in [0.2, 0.25) is 15.8 Å². The Bertz CT molecular complexity index is 1920. The fourth-order valence-electron chi connectivity index (χ4n) is 6.28. The van der Waals surface area contributed by atoms with Crippen molar-refractivity contribution < 1.29 is 35.9 Å². The number of aromatic nitrogens is 4. The zero-order valence-corrected chi connectivity index (χ0v) is 25.4. The Morgan fingerprint density at radius 2 is 1.96 bits per heavy atom. The number of nitrogens with zero attached hydrogens (tertiary/aromatic N) is 6. The predicted octanol–water partition coefficient (Wildman–Crippen LogP) is 5.41. The summed E-state index contributed by atoms with van der Waals surface area (Å²) in [6.07, 6.45) is -0.582. The van der Waals surface area contributed by atoms with E-state index in [0.717, 1.165) is 35.7 Å². The summed E-state index contributed by atoms with van der Waals surface area (Å²) in [7, 11) is -4.23. The zero-order chi connectivity index (χ0) is 32.3. The van der Waals surface area contributed by atoms with E-state index in [2.05, 4.69) is 15.2 Å². The Hall–Kier alpha value is -3.82. The van der Waals surface area contributed by atoms with Crippen molar-refractivity contribution in [1.29, 1.82) is 0 Å². The Morgan fingerprint density at radius 3 is 2.69 bits per heavy atom. The van der Waals surface area contributed by atoms with Gasteiger partial charge in [-0.1, -0.05) is 23.7 Å². The summed E-state index contributed by atoms with van der Waals surface area (Å²) in [6.45, 7) is 2.03. The monoisotopic (exact) mass is 666 g/mol. The summed E-state index contributed by atoms with van der Waals surface area (Å²) >= 11 is 6.57. The van der Waals surface area contributed by atoms with Crippen LogP contribution in [-0.4, -0.2) is 62.5 Å². The molecule has 0 amide bonds. The Balaban J connectivity index is 1.41. The number of anilines is 1. The normalized spacial score (nSPS) is 19.2. The van der Waals surface area contributed by atoms with Crippen LogP contribution in [0.1, 0.15) is 59.7 Å². The van der Waals surface area contributed by atoms with Crippen molar-refractivity contribution in [3.8, 4) is 0 Å². The molecule has 1 saturated heterocycles. The lowest BCUT2D eigenvalue weighted by Crippen LogP contribution is -2.45. The third-order valence-corrected chi connectivity index (χ3v) is 10.6. The van der Waals surface area contributed by atoms with Gasteiger partial charge < -0.3 is 10.0 Å². The molecule has 238 valence electrons. The van der Waals surface area contributed by atoms with Crippen LogP contribution in [0.25, 0.3) is 5.65 Å². The molecule has 4 aromatic rings. The van der Waals surface area contributed by atoms with Crippen molar-refractivity contribution in [2.45, 2.75) is 62.2 Å². The molecule has 1 fully saturated rings. The fourth-order valence-corrected chi connectivity index (χ4v) is 8.08. The van der Waals surface area contributed by atoms with E-state index in [0.29, 0.717) is 35.2 Å². The lowest BCUT2D eigenvalue weighted by molar-refractivity contribution is -0.145. The number of halogens is 5. The van der Waals surface area contributed by atoms with Gasteiger partial charge in [-0.25, -0.2) is 17.8 Å². The maximum atomic E-state index is 14.3. The minimum Gasteiger partial charge on any atom is -0.481 e. The number of hydrogen-bond acceptors (Lipinski definition) is 7. The molecule has 2 atom stereocenters. The third-order valence-electron chi connectivity index (χ3n) is 8.42. The van der Waals surface area contributed by atoms with Crippen molar-refractivity contribution in [3.05, 3.63) is 81.6 Å². The molecule has 0 bridgehead atoms. The zero-order valence-electron chi connectivity index (χ0n) is 23.8. The number of alkyl halides is 3. The van der Waals surface area contributed by atoms with E-state index in [1.54, 1.807) is 12.1 Å². The highest BCUT2D eigenvalue weighted by atomic mass is 35.5. The van der Waals surface area contributed by atoms with Crippen molar-refractivity contribution >= 4 is 39.1 Å². The SMILES string of the molecule is Cc1c([C@@H](CC(=O)O)c2ccc(Cl)c(CN3CC4CCCCN4c4ncc(F)cc4S3(=O)=O)c2)ccn2c(C(F)(F)F)nnc12. The smallest absolute Gasteiger partial charge is 0.452 e. The van der Waals surface area contributed by atoms with Crippen LogP contribution in [-0.2, 0) is 27.5 Å². The van der Waals surface area contributed by atoms with Crippen LogP contribution in [0, 0.1) is 12.7 Å². The van der Waals surface area contributed by atoms with Crippen LogP contribution < -0.4 is 4.90 Å². The van der Waals surface area contributed by atoms with Gasteiger partial charge in [-0.3, -0.25) is 9.20 Å². The summed E-state index contributed by atoms with van der Waals surface area (Å²) in [4.78, 5) is 17.8. The molecule has 0 saturated carbocycles. The number of benzene rings is 1. The molecular weight excluding hydrogens is 640 g/mol. The van der Waals surface area contributed by atoms with Gasteiger partial charge in [-0.2, -0.15) is 17.5 Å². The van der Waals surface area contributed by atoms with Gasteiger partial charge in [0.1, 0.15) is 16.5 Å². The second-order valence-electron chi connectivity index (χ2n) is 11.2. The van der Waals surface area contributed by atoms with Crippen LogP contribution in [0.15, 0.2) is 47.6 Å². The van der Waals surface area contributed by atoms with E-state index < -0.39 is 46.1 Å². The molecular formula is C29H27ClF4N6O4S. The molecule has 3 aromatic heterocycles. The Labute approximate surface area is 260 Å². The lowest BCUT2D eigenvalue weighted by atomic mass is 9.86. The Kier molecular flexibility index (Phi) is 7.98. The van der Waals surface area contributed by atoms with Crippen molar-refractivity contribution in [3.63, 3.8) is 0 Å². The number of carbonyl (C=O) groups is 1. The van der Waals surface area contributed by atoms with Gasteiger partial charge in [-0.15, -0.1) is 10.2 Å². The molecule has 10 nitrogen and oxygen atoms in total. The Morgan fingerprint density at radius 1 is 1.18 bits per heavy atom. The molecule has 16 heteroatoms. The van der Waals surface area contributed by atoms with E-state index in [1.807, 2.05) is 4.90 Å². The first-order valence-corrected chi connectivity index (χ1v) is 15.9. The molecule has 0 radical (unpaired) electrons. The molecule has 1 unspecified atom stereocenters. The van der Waals surface area contributed by atoms with E-state index >= 15 is 0 Å². The molecule has 1 aromatic carbocycles. The maximum Gasteiger partial charge on any atom is 0.452 e. The largest absolute Gasteiger partial charge is 0.481 e. The van der Waals surface area contributed by atoms with Crippen LogP contribution in [0.4, 0.5) is 23.4 Å². The standard InChI is InChI=1S/C29H27ClF4N6O4S/c1-16-21(7-9-40-26(16)36-37-28(40)29(32,33)34)22(12-25(41)42)17-5-6-23(30)18(10-17)14-38-15-20-4-2-3-8-39(20)27-24(45(38,43)44)11-19(31)13-35-27/h5-7,9-11,13,20,22H,2-4,8,12,14-15H2,1H3,(H,41,42)/t20?,22-/m0/s1. The molecule has 6 rings (SSSR count). The van der Waals surface area contributed by atoms with Crippen LogP contribution >= 0.6 is 11.6 Å². The minimum atomic E-state index is -4.75. The highest BCUT2D eigenvalue weighted by molar-refractivity contribution is 7.89. The van der Waals surface area contributed by atoms with Gasteiger partial charge in [0, 0.05) is 42.8 Å². The molecule has 1 N–H and O–H groups in total. The number of hydrogen-bond donors (Lipinski definition) is 1. The summed E-state index contributed by atoms with van der Waals surface area (Å²) in [6, 6.07) is 6.90. The first-order chi connectivity index (χ1) is 21.3. The van der Waals surface area contributed by atoms with Crippen molar-refractivity contribution in [2.75, 3.05) is 18.0 Å². The quantitative estimate of drug-likeness (QED) is 0.271. The molecule has 2 aliphatic heterocycles. The lowest BCUT2D eigenvalue weighted by Gasteiger charge is -2.36. The second-order valence-corrected chi connectivity index (χ2v) is 13.5. The number of sulfonamides is 1. The van der Waals surface area contributed by atoms with Crippen molar-refractivity contribution in [1.82, 2.24) is 23.9 Å². The van der Waals surface area contributed by atoms with E-state index in [4.69, 9.17) is 11.6 Å². The number of aryl methyl sites for hydroxylation is 1. The summed E-state index contributed by atoms with van der Waals surface area (Å²) < 4.78 is 84.6. The molecule has 5 heterocycles. The average molecular weight is 667 g/mol. The third kappa shape index (κ3) is 5.72. The summed E-state index contributed by atoms with van der Waals surface area (Å²) in [5.41, 5.74) is 1.48. The molecule has 0 spiro atoms. The average Bonchev–Trinajstić information content (AvgIpc) is 3.40. The number of carboxylic acid groups (broad SMARTS) is 1. The molecule has 45 heavy (non-hydrogen) atoms. The van der Waals surface area contributed by atoms with Gasteiger partial charge >= 0.3 is 12.1 Å². The van der Waals surface area contributed by atoms with Crippen LogP contribution in [0.5, 0.6) is 0 Å². The second kappa shape index (κ2) is 11.5. The highest BCUT2D eigenvalue weighted by Gasteiger charge is 2.40. The molecule has 0 aliphatic carbocycles. The van der Waals surface area contributed by atoms with Crippen LogP contribution in [0.3, 0.4) is 0 Å². The topological polar surface area (TPSA) is 121 Å². The first kappa shape index (κ1) is 31.2. The van der Waals surface area contributed by atoms with Gasteiger partial charge in [0.15, 0.2) is 5.65 Å². The number of carboxylic acids is 1. The molecule has 2 aliphatic rings. The summed E-state index contributed by atoms with van der Waals surface area (Å²) in [5.74, 6) is -3.79. The number of rotatable bonds is 6. The highest BCUT2D eigenvalue weighted by Crippen LogP contribution is 2.39. The van der Waals surface area contributed by atoms with Gasteiger partial charge in [0.05, 0.1) is 12.6 Å². The number of fused-ring (bicyclic) bond motifs is 4. The predicted molar refractivity (Wildman–Crippen MR) is 155 cm³/mol. The van der Waals surface area contributed by atoms with Crippen molar-refractivity contribution in [2.24, 2.45) is 0 Å². The van der Waals surface area contributed by atoms with E-state index in [1.165, 1.54) is 23.4 Å². The number of pyridine rings is 2. The van der Waals surface area contributed by atoms with Gasteiger partial charge in [0.25, 0.3) is 0 Å². The van der Waals surface area contributed by atoms with E-state index in [9.17, 15) is 35.9 Å². The number of aliphatic carboxylic acids is 1. The minimum absolute atomic E-state index is 0.0726. The maximum absolute atomic E-state index is 14.3.